The third-order valence-corrected chi connectivity index (χ3v) is 4.29. The van der Waals surface area contributed by atoms with Crippen LogP contribution in [-0.4, -0.2) is 24.3 Å². The third kappa shape index (κ3) is 6.11. The van der Waals surface area contributed by atoms with Gasteiger partial charge in [0.15, 0.2) is 12.4 Å². The Morgan fingerprint density at radius 2 is 1.69 bits per heavy atom. The van der Waals surface area contributed by atoms with Gasteiger partial charge in [0.25, 0.3) is 0 Å². The summed E-state index contributed by atoms with van der Waals surface area (Å²) in [5.41, 5.74) is 2.25. The van der Waals surface area contributed by atoms with E-state index >= 15 is 0 Å². The molecule has 1 N–H and O–H groups in total. The number of ketones is 1. The fraction of sp³-hybridized carbons (Fsp3) is 0.250. The molecule has 26 heavy (non-hydrogen) atoms. The molecule has 0 atom stereocenters. The lowest BCUT2D eigenvalue weighted by molar-refractivity contribution is -0.143. The van der Waals surface area contributed by atoms with Crippen LogP contribution >= 0.6 is 15.9 Å². The van der Waals surface area contributed by atoms with Crippen LogP contribution in [0.1, 0.15) is 35.7 Å². The molecule has 5 nitrogen and oxygen atoms in total. The highest BCUT2D eigenvalue weighted by Gasteiger charge is 2.12. The molecule has 0 bridgehead atoms. The van der Waals surface area contributed by atoms with Crippen molar-refractivity contribution in [3.05, 3.63) is 64.1 Å². The molecular formula is C20H20BrNO4. The minimum absolute atomic E-state index is 0.00333. The number of rotatable bonds is 8. The van der Waals surface area contributed by atoms with E-state index in [0.29, 0.717) is 5.56 Å². The molecule has 0 aliphatic rings. The van der Waals surface area contributed by atoms with Gasteiger partial charge in [0.05, 0.1) is 6.42 Å². The molecule has 0 spiro atoms. The molecule has 0 aliphatic heterocycles. The zero-order chi connectivity index (χ0) is 18.9. The highest BCUT2D eigenvalue weighted by Crippen LogP contribution is 2.16. The maximum absolute atomic E-state index is 12.0. The highest BCUT2D eigenvalue weighted by atomic mass is 79.9. The van der Waals surface area contributed by atoms with Crippen LogP contribution in [0.5, 0.6) is 0 Å². The van der Waals surface area contributed by atoms with Gasteiger partial charge in [0, 0.05) is 22.1 Å². The Morgan fingerprint density at radius 1 is 1.00 bits per heavy atom. The lowest BCUT2D eigenvalue weighted by Gasteiger charge is -2.09. The summed E-state index contributed by atoms with van der Waals surface area (Å²) in [5, 5.41) is 2.79. The van der Waals surface area contributed by atoms with E-state index in [2.05, 4.69) is 21.2 Å². The van der Waals surface area contributed by atoms with Crippen molar-refractivity contribution in [3.8, 4) is 0 Å². The summed E-state index contributed by atoms with van der Waals surface area (Å²) >= 11 is 3.29. The quantitative estimate of drug-likeness (QED) is 0.516. The van der Waals surface area contributed by atoms with Crippen LogP contribution in [0.3, 0.4) is 0 Å². The van der Waals surface area contributed by atoms with Gasteiger partial charge in [-0.25, -0.2) is 0 Å². The van der Waals surface area contributed by atoms with Crippen molar-refractivity contribution in [2.45, 2.75) is 26.2 Å². The first-order chi connectivity index (χ1) is 12.5. The monoisotopic (exact) mass is 417 g/mol. The SMILES string of the molecule is CCc1ccccc1NC(=O)CCC(=O)OCC(=O)c1ccc(Br)cc1. The van der Waals surface area contributed by atoms with Gasteiger partial charge in [-0.15, -0.1) is 0 Å². The van der Waals surface area contributed by atoms with E-state index in [1.54, 1.807) is 24.3 Å². The van der Waals surface area contributed by atoms with E-state index in [-0.39, 0.29) is 31.1 Å². The first-order valence-corrected chi connectivity index (χ1v) is 9.11. The lowest BCUT2D eigenvalue weighted by Crippen LogP contribution is -2.17. The van der Waals surface area contributed by atoms with Crippen molar-refractivity contribution >= 4 is 39.3 Å². The van der Waals surface area contributed by atoms with Gasteiger partial charge in [-0.2, -0.15) is 0 Å². The van der Waals surface area contributed by atoms with E-state index in [0.717, 1.165) is 22.1 Å². The number of hydrogen-bond acceptors (Lipinski definition) is 4. The van der Waals surface area contributed by atoms with Crippen molar-refractivity contribution in [1.82, 2.24) is 0 Å². The summed E-state index contributed by atoms with van der Waals surface area (Å²) in [7, 11) is 0. The van der Waals surface area contributed by atoms with Gasteiger partial charge >= 0.3 is 5.97 Å². The maximum atomic E-state index is 12.0. The molecular weight excluding hydrogens is 398 g/mol. The van der Waals surface area contributed by atoms with Crippen LogP contribution in [0, 0.1) is 0 Å². The molecule has 0 saturated heterocycles. The number of benzene rings is 2. The summed E-state index contributed by atoms with van der Waals surface area (Å²) < 4.78 is 5.82. The van der Waals surface area contributed by atoms with E-state index in [1.165, 1.54) is 0 Å². The number of aryl methyl sites for hydroxylation is 1. The second kappa shape index (κ2) is 9.87. The normalized spacial score (nSPS) is 10.2. The topological polar surface area (TPSA) is 72.5 Å². The molecule has 0 aliphatic carbocycles. The number of carbonyl (C=O) groups is 3. The smallest absolute Gasteiger partial charge is 0.306 e. The van der Waals surface area contributed by atoms with E-state index in [4.69, 9.17) is 4.74 Å². The summed E-state index contributed by atoms with van der Waals surface area (Å²) in [6, 6.07) is 14.3. The van der Waals surface area contributed by atoms with Crippen molar-refractivity contribution in [2.24, 2.45) is 0 Å². The molecule has 1 amide bonds. The fourth-order valence-electron chi connectivity index (χ4n) is 2.32. The Hall–Kier alpha value is -2.47. The number of amides is 1. The average molecular weight is 418 g/mol. The van der Waals surface area contributed by atoms with Crippen molar-refractivity contribution < 1.29 is 19.1 Å². The summed E-state index contributed by atoms with van der Waals surface area (Å²) in [6.45, 7) is 1.67. The van der Waals surface area contributed by atoms with E-state index in [9.17, 15) is 14.4 Å². The maximum Gasteiger partial charge on any atom is 0.306 e. The summed E-state index contributed by atoms with van der Waals surface area (Å²) in [5.74, 6) is -1.12. The minimum Gasteiger partial charge on any atom is -0.457 e. The molecule has 2 rings (SSSR count). The number of anilines is 1. The van der Waals surface area contributed by atoms with Crippen molar-refractivity contribution in [2.75, 3.05) is 11.9 Å². The predicted molar refractivity (Wildman–Crippen MR) is 103 cm³/mol. The molecule has 2 aromatic rings. The predicted octanol–water partition coefficient (Wildman–Crippen LogP) is 4.16. The Bertz CT molecular complexity index is 787. The Kier molecular flexibility index (Phi) is 7.53. The Labute approximate surface area is 160 Å². The molecule has 0 unspecified atom stereocenters. The van der Waals surface area contributed by atoms with Crippen LogP contribution in [0.15, 0.2) is 53.0 Å². The molecule has 0 fully saturated rings. The first-order valence-electron chi connectivity index (χ1n) is 8.31. The number of carbonyl (C=O) groups excluding carboxylic acids is 3. The number of esters is 1. The largest absolute Gasteiger partial charge is 0.457 e. The van der Waals surface area contributed by atoms with Crippen LogP contribution < -0.4 is 5.32 Å². The summed E-state index contributed by atoms with van der Waals surface area (Å²) in [4.78, 5) is 35.7. The second-order valence-corrected chi connectivity index (χ2v) is 6.57. The molecule has 2 aromatic carbocycles. The Morgan fingerprint density at radius 3 is 2.38 bits per heavy atom. The van der Waals surface area contributed by atoms with Gasteiger partial charge < -0.3 is 10.1 Å². The minimum atomic E-state index is -0.575. The molecule has 0 saturated carbocycles. The number of para-hydroxylation sites is 1. The zero-order valence-electron chi connectivity index (χ0n) is 14.5. The zero-order valence-corrected chi connectivity index (χ0v) is 16.0. The number of ether oxygens (including phenoxy) is 1. The van der Waals surface area contributed by atoms with Gasteiger partial charge in [-0.1, -0.05) is 53.2 Å². The van der Waals surface area contributed by atoms with E-state index < -0.39 is 5.97 Å². The Balaban J connectivity index is 1.75. The number of nitrogens with one attached hydrogen (secondary N) is 1. The van der Waals surface area contributed by atoms with Crippen LogP contribution in [0.2, 0.25) is 0 Å². The van der Waals surface area contributed by atoms with Crippen molar-refractivity contribution in [1.29, 1.82) is 0 Å². The van der Waals surface area contributed by atoms with Gasteiger partial charge in [0.2, 0.25) is 5.91 Å². The number of Topliss-reactive ketones (excluding diaryl/α,β-unsaturated/α-hetero) is 1. The molecule has 0 heterocycles. The second-order valence-electron chi connectivity index (χ2n) is 5.65. The van der Waals surface area contributed by atoms with Crippen LogP contribution in [0.4, 0.5) is 5.69 Å². The lowest BCUT2D eigenvalue weighted by atomic mass is 10.1. The van der Waals surface area contributed by atoms with Gasteiger partial charge in [0.1, 0.15) is 0 Å². The molecule has 136 valence electrons. The van der Waals surface area contributed by atoms with Gasteiger partial charge in [-0.3, -0.25) is 14.4 Å². The van der Waals surface area contributed by atoms with Gasteiger partial charge in [-0.05, 0) is 30.2 Å². The van der Waals surface area contributed by atoms with Crippen LogP contribution in [0.25, 0.3) is 0 Å². The standard InChI is InChI=1S/C20H20BrNO4/c1-2-14-5-3-4-6-17(14)22-19(24)11-12-20(25)26-13-18(23)15-7-9-16(21)10-8-15/h3-10H,2,11-13H2,1H3,(H,22,24). The van der Waals surface area contributed by atoms with Crippen molar-refractivity contribution in [3.63, 3.8) is 0 Å². The molecule has 6 heteroatoms. The highest BCUT2D eigenvalue weighted by molar-refractivity contribution is 9.10. The molecule has 0 radical (unpaired) electrons. The third-order valence-electron chi connectivity index (χ3n) is 3.76. The van der Waals surface area contributed by atoms with E-state index in [1.807, 2.05) is 31.2 Å². The average Bonchev–Trinajstić information content (AvgIpc) is 2.65. The molecule has 0 aromatic heterocycles. The first kappa shape index (κ1) is 19.8. The van der Waals surface area contributed by atoms with Crippen LogP contribution in [-0.2, 0) is 20.7 Å². The fourth-order valence-corrected chi connectivity index (χ4v) is 2.58. The summed E-state index contributed by atoms with van der Waals surface area (Å²) in [6.07, 6.45) is 0.730. The number of hydrogen-bond donors (Lipinski definition) is 1. The number of halogens is 1.